The van der Waals surface area contributed by atoms with E-state index >= 15 is 0 Å². The third-order valence-electron chi connectivity index (χ3n) is 2.77. The number of nitrogens with one attached hydrogen (secondary N) is 1. The van der Waals surface area contributed by atoms with Gasteiger partial charge in [0.05, 0.1) is 5.69 Å². The highest BCUT2D eigenvalue weighted by Gasteiger charge is 2.09. The van der Waals surface area contributed by atoms with E-state index < -0.39 is 0 Å². The minimum atomic E-state index is 0.927. The van der Waals surface area contributed by atoms with E-state index in [4.69, 9.17) is 0 Å². The molecule has 1 heterocycles. The maximum atomic E-state index is 4.34. The molecule has 0 fully saturated rings. The van der Waals surface area contributed by atoms with Gasteiger partial charge in [0, 0.05) is 6.54 Å². The summed E-state index contributed by atoms with van der Waals surface area (Å²) in [7, 11) is 0. The first kappa shape index (κ1) is 14.3. The van der Waals surface area contributed by atoms with Crippen LogP contribution in [0.25, 0.3) is 5.69 Å². The van der Waals surface area contributed by atoms with Gasteiger partial charge in [-0.2, -0.15) is 0 Å². The van der Waals surface area contributed by atoms with E-state index in [0.717, 1.165) is 20.5 Å². The molecule has 18 heavy (non-hydrogen) atoms. The number of imidazole rings is 1. The summed E-state index contributed by atoms with van der Waals surface area (Å²) < 4.78 is 4.34. The topological polar surface area (TPSA) is 29.9 Å². The lowest BCUT2D eigenvalue weighted by Gasteiger charge is -2.10. The molecule has 0 aliphatic carbocycles. The van der Waals surface area contributed by atoms with Crippen molar-refractivity contribution in [2.45, 2.75) is 20.4 Å². The summed E-state index contributed by atoms with van der Waals surface area (Å²) in [4.78, 5) is 4.34. The fourth-order valence-electron chi connectivity index (χ4n) is 1.85. The highest BCUT2D eigenvalue weighted by molar-refractivity contribution is 14.1. The first-order valence-corrected chi connectivity index (χ1v) is 7.98. The van der Waals surface area contributed by atoms with Crippen LogP contribution in [-0.2, 0) is 6.54 Å². The third-order valence-corrected chi connectivity index (χ3v) is 5.62. The van der Waals surface area contributed by atoms with Crippen molar-refractivity contribution in [3.05, 3.63) is 43.1 Å². The molecule has 0 bridgehead atoms. The van der Waals surface area contributed by atoms with Crippen molar-refractivity contribution >= 4 is 45.2 Å². The molecule has 0 amide bonds. The number of nitrogens with zero attached hydrogens (tertiary/aromatic N) is 2. The van der Waals surface area contributed by atoms with Gasteiger partial charge >= 0.3 is 0 Å². The van der Waals surface area contributed by atoms with Crippen LogP contribution in [0.1, 0.15) is 18.1 Å². The normalized spacial score (nSPS) is 10.9. The Kier molecular flexibility index (Phi) is 5.02. The molecule has 0 saturated heterocycles. The van der Waals surface area contributed by atoms with Crippen molar-refractivity contribution in [2.75, 3.05) is 6.54 Å². The number of aryl methyl sites for hydroxylation is 1. The van der Waals surface area contributed by atoms with Crippen molar-refractivity contribution in [3.63, 3.8) is 0 Å². The van der Waals surface area contributed by atoms with Crippen LogP contribution < -0.4 is 5.32 Å². The summed E-state index contributed by atoms with van der Waals surface area (Å²) in [6, 6.07) is 6.58. The average molecular weight is 467 g/mol. The molecule has 1 aromatic heterocycles. The molecular weight excluding hydrogens is 452 g/mol. The first-order valence-electron chi connectivity index (χ1n) is 5.82. The van der Waals surface area contributed by atoms with Crippen LogP contribution in [0, 0.1) is 14.3 Å². The van der Waals surface area contributed by atoms with Crippen molar-refractivity contribution in [3.8, 4) is 5.69 Å². The van der Waals surface area contributed by atoms with Crippen LogP contribution in [0.2, 0.25) is 0 Å². The Bertz CT molecular complexity index is 549. The Morgan fingerprint density at radius 2 is 2.11 bits per heavy atom. The van der Waals surface area contributed by atoms with Crippen LogP contribution in [0.4, 0.5) is 0 Å². The minimum Gasteiger partial charge on any atom is -0.313 e. The monoisotopic (exact) mass is 467 g/mol. The Labute approximate surface area is 135 Å². The van der Waals surface area contributed by atoms with Gasteiger partial charge in [0.25, 0.3) is 0 Å². The zero-order chi connectivity index (χ0) is 13.1. The van der Waals surface area contributed by atoms with Crippen molar-refractivity contribution in [2.24, 2.45) is 0 Å². The molecule has 0 saturated carbocycles. The molecule has 5 heteroatoms. The number of benzene rings is 1. The molecule has 96 valence electrons. The largest absolute Gasteiger partial charge is 0.313 e. The highest BCUT2D eigenvalue weighted by Crippen LogP contribution is 2.21. The van der Waals surface area contributed by atoms with Gasteiger partial charge < -0.3 is 5.32 Å². The highest BCUT2D eigenvalue weighted by atomic mass is 127. The fraction of sp³-hybridized carbons (Fsp3) is 0.308. The van der Waals surface area contributed by atoms with E-state index in [1.807, 2.05) is 6.33 Å². The summed E-state index contributed by atoms with van der Waals surface area (Å²) in [5.74, 6) is 0. The Morgan fingerprint density at radius 3 is 2.67 bits per heavy atom. The van der Waals surface area contributed by atoms with Gasteiger partial charge in [-0.3, -0.25) is 4.57 Å². The van der Waals surface area contributed by atoms with Gasteiger partial charge in [0.1, 0.15) is 13.7 Å². The number of hydrogen-bond donors (Lipinski definition) is 1. The predicted molar refractivity (Wildman–Crippen MR) is 91.1 cm³/mol. The molecule has 0 aliphatic rings. The van der Waals surface area contributed by atoms with Crippen molar-refractivity contribution in [1.29, 1.82) is 0 Å². The van der Waals surface area contributed by atoms with Gasteiger partial charge in [0.2, 0.25) is 0 Å². The molecule has 1 N–H and O–H groups in total. The fourth-order valence-corrected chi connectivity index (χ4v) is 2.76. The maximum absolute atomic E-state index is 4.34. The molecule has 0 unspecified atom stereocenters. The second kappa shape index (κ2) is 6.33. The van der Waals surface area contributed by atoms with Crippen molar-refractivity contribution in [1.82, 2.24) is 14.9 Å². The van der Waals surface area contributed by atoms with E-state index in [2.05, 4.69) is 92.1 Å². The van der Waals surface area contributed by atoms with Crippen LogP contribution in [0.15, 0.2) is 24.5 Å². The van der Waals surface area contributed by atoms with E-state index in [1.54, 1.807) is 0 Å². The van der Waals surface area contributed by atoms with Crippen LogP contribution >= 0.6 is 45.2 Å². The maximum Gasteiger partial charge on any atom is 0.133 e. The molecule has 2 rings (SSSR count). The molecule has 3 nitrogen and oxygen atoms in total. The predicted octanol–water partition coefficient (Wildman–Crippen LogP) is 3.50. The van der Waals surface area contributed by atoms with Gasteiger partial charge in [-0.05, 0) is 75.8 Å². The number of hydrogen-bond acceptors (Lipinski definition) is 2. The smallest absolute Gasteiger partial charge is 0.133 e. The molecule has 1 aromatic carbocycles. The average Bonchev–Trinajstić information content (AvgIpc) is 2.68. The van der Waals surface area contributed by atoms with Gasteiger partial charge in [-0.15, -0.1) is 0 Å². The lowest BCUT2D eigenvalue weighted by Crippen LogP contribution is -2.12. The van der Waals surface area contributed by atoms with E-state index in [-0.39, 0.29) is 0 Å². The minimum absolute atomic E-state index is 0.927. The van der Waals surface area contributed by atoms with E-state index in [0.29, 0.717) is 0 Å². The zero-order valence-electron chi connectivity index (χ0n) is 10.4. The standard InChI is InChI=1S/C13H15I2N3/c1-3-16-7-10-4-5-11(9(2)6-10)18-8-17-12(14)13(18)15/h4-6,8,16H,3,7H2,1-2H3. The summed E-state index contributed by atoms with van der Waals surface area (Å²) in [5, 5.41) is 3.34. The lowest BCUT2D eigenvalue weighted by atomic mass is 10.1. The Hall–Kier alpha value is -0.150. The van der Waals surface area contributed by atoms with Gasteiger partial charge in [-0.25, -0.2) is 4.98 Å². The lowest BCUT2D eigenvalue weighted by molar-refractivity contribution is 0.726. The SMILES string of the molecule is CCNCc1ccc(-n2cnc(I)c2I)c(C)c1. The Morgan fingerprint density at radius 1 is 1.33 bits per heavy atom. The molecular formula is C13H15I2N3. The molecule has 0 aliphatic heterocycles. The molecule has 0 radical (unpaired) electrons. The van der Waals surface area contributed by atoms with E-state index in [1.165, 1.54) is 16.8 Å². The second-order valence-corrected chi connectivity index (χ2v) is 6.14. The van der Waals surface area contributed by atoms with E-state index in [9.17, 15) is 0 Å². The quantitative estimate of drug-likeness (QED) is 0.699. The first-order chi connectivity index (χ1) is 8.63. The summed E-state index contributed by atoms with van der Waals surface area (Å²) >= 11 is 4.59. The number of aromatic nitrogens is 2. The van der Waals surface area contributed by atoms with Crippen LogP contribution in [0.3, 0.4) is 0 Å². The number of rotatable bonds is 4. The van der Waals surface area contributed by atoms with Crippen LogP contribution in [-0.4, -0.2) is 16.1 Å². The zero-order valence-corrected chi connectivity index (χ0v) is 14.7. The summed E-state index contributed by atoms with van der Waals surface area (Å²) in [5.41, 5.74) is 3.80. The van der Waals surface area contributed by atoms with Gasteiger partial charge in [0.15, 0.2) is 0 Å². The third kappa shape index (κ3) is 3.05. The van der Waals surface area contributed by atoms with Crippen LogP contribution in [0.5, 0.6) is 0 Å². The number of halogens is 2. The summed E-state index contributed by atoms with van der Waals surface area (Å²) in [6.45, 7) is 6.19. The molecule has 2 aromatic rings. The molecule has 0 atom stereocenters. The summed E-state index contributed by atoms with van der Waals surface area (Å²) in [6.07, 6.45) is 1.88. The molecule has 0 spiro atoms. The van der Waals surface area contributed by atoms with Gasteiger partial charge in [-0.1, -0.05) is 19.1 Å². The second-order valence-electron chi connectivity index (χ2n) is 4.10. The Balaban J connectivity index is 2.32. The van der Waals surface area contributed by atoms with Crippen molar-refractivity contribution < 1.29 is 0 Å².